The van der Waals surface area contributed by atoms with E-state index in [1.807, 2.05) is 6.07 Å². The van der Waals surface area contributed by atoms with E-state index in [9.17, 15) is 20.2 Å². The van der Waals surface area contributed by atoms with E-state index in [1.165, 1.54) is 18.2 Å². The van der Waals surface area contributed by atoms with Gasteiger partial charge in [-0.3, -0.25) is 19.9 Å². The third kappa shape index (κ3) is 2.42. The van der Waals surface area contributed by atoms with Gasteiger partial charge in [0.25, 0.3) is 11.2 Å². The number of hydrogen-bond acceptors (Lipinski definition) is 7. The molecule has 0 unspecified atom stereocenters. The Morgan fingerprint density at radius 1 is 1.42 bits per heavy atom. The van der Waals surface area contributed by atoms with Gasteiger partial charge >= 0.3 is 0 Å². The summed E-state index contributed by atoms with van der Waals surface area (Å²) in [7, 11) is 0. The molecule has 0 aliphatic carbocycles. The summed E-state index contributed by atoms with van der Waals surface area (Å²) in [4.78, 5) is 27.6. The van der Waals surface area contributed by atoms with Gasteiger partial charge in [0.15, 0.2) is 4.77 Å². The number of allylic oxidation sites excluding steroid dienone is 1. The lowest BCUT2D eigenvalue weighted by molar-refractivity contribution is -0.384. The quantitative estimate of drug-likeness (QED) is 0.425. The fraction of sp³-hybridized carbons (Fsp3) is 0.0714. The summed E-state index contributed by atoms with van der Waals surface area (Å²) in [5.41, 5.74) is 5.64. The van der Waals surface area contributed by atoms with Crippen LogP contribution in [-0.4, -0.2) is 14.9 Å². The summed E-state index contributed by atoms with van der Waals surface area (Å²) in [6.45, 7) is 0. The van der Waals surface area contributed by atoms with Crippen molar-refractivity contribution in [3.63, 3.8) is 0 Å². The first kappa shape index (κ1) is 15.4. The number of nitro benzene ring substituents is 1. The number of rotatable bonds is 2. The summed E-state index contributed by atoms with van der Waals surface area (Å²) in [6.07, 6.45) is 0. The van der Waals surface area contributed by atoms with Crippen LogP contribution in [0.2, 0.25) is 0 Å². The fourth-order valence-corrected chi connectivity index (χ4v) is 2.72. The molecule has 0 bridgehead atoms. The predicted molar refractivity (Wildman–Crippen MR) is 84.6 cm³/mol. The molecule has 1 aromatic heterocycles. The Balaban J connectivity index is 2.32. The number of non-ortho nitro benzene ring substituents is 1. The van der Waals surface area contributed by atoms with Crippen LogP contribution in [0.25, 0.3) is 0 Å². The van der Waals surface area contributed by atoms with Crippen molar-refractivity contribution in [2.75, 3.05) is 0 Å². The van der Waals surface area contributed by atoms with Crippen LogP contribution >= 0.6 is 12.2 Å². The third-order valence-corrected chi connectivity index (χ3v) is 3.72. The third-order valence-electron chi connectivity index (χ3n) is 3.52. The van der Waals surface area contributed by atoms with E-state index in [0.717, 1.165) is 0 Å². The molecule has 1 atom stereocenters. The van der Waals surface area contributed by atoms with Crippen molar-refractivity contribution in [3.8, 4) is 11.8 Å². The molecular formula is C14H9N5O4S. The molecule has 10 heteroatoms. The lowest BCUT2D eigenvalue weighted by atomic mass is 9.87. The summed E-state index contributed by atoms with van der Waals surface area (Å²) in [5, 5.41) is 20.4. The molecule has 0 spiro atoms. The monoisotopic (exact) mass is 343 g/mol. The Morgan fingerprint density at radius 2 is 2.17 bits per heavy atom. The lowest BCUT2D eigenvalue weighted by Gasteiger charge is -2.25. The first-order valence-electron chi connectivity index (χ1n) is 6.60. The fourth-order valence-electron chi connectivity index (χ4n) is 2.52. The molecule has 24 heavy (non-hydrogen) atoms. The number of nitriles is 1. The number of nitrogens with zero attached hydrogens (tertiary/aromatic N) is 2. The first-order valence-corrected chi connectivity index (χ1v) is 7.01. The van der Waals surface area contributed by atoms with Gasteiger partial charge in [0, 0.05) is 12.1 Å². The molecule has 0 radical (unpaired) electrons. The van der Waals surface area contributed by atoms with Crippen molar-refractivity contribution in [1.29, 1.82) is 5.26 Å². The van der Waals surface area contributed by atoms with Crippen molar-refractivity contribution in [3.05, 3.63) is 72.2 Å². The van der Waals surface area contributed by atoms with Gasteiger partial charge in [0.05, 0.1) is 16.5 Å². The van der Waals surface area contributed by atoms with Gasteiger partial charge in [-0.2, -0.15) is 5.26 Å². The van der Waals surface area contributed by atoms with E-state index in [1.54, 1.807) is 6.07 Å². The van der Waals surface area contributed by atoms with E-state index < -0.39 is 16.4 Å². The Kier molecular flexibility index (Phi) is 3.63. The van der Waals surface area contributed by atoms with E-state index in [2.05, 4.69) is 9.97 Å². The van der Waals surface area contributed by atoms with Crippen LogP contribution in [0.1, 0.15) is 17.2 Å². The maximum atomic E-state index is 12.0. The summed E-state index contributed by atoms with van der Waals surface area (Å²) < 4.78 is 5.27. The van der Waals surface area contributed by atoms with Crippen molar-refractivity contribution in [2.24, 2.45) is 5.73 Å². The molecule has 1 aliphatic heterocycles. The molecule has 4 N–H and O–H groups in total. The number of ether oxygens (including phenoxy) is 1. The highest BCUT2D eigenvalue weighted by atomic mass is 32.1. The van der Waals surface area contributed by atoms with Crippen molar-refractivity contribution < 1.29 is 9.66 Å². The molecule has 0 saturated carbocycles. The topological polar surface area (TPSA) is 151 Å². The summed E-state index contributed by atoms with van der Waals surface area (Å²) in [5.74, 6) is -1.20. The van der Waals surface area contributed by atoms with Crippen LogP contribution in [0.15, 0.2) is 40.5 Å². The Labute approximate surface area is 139 Å². The molecule has 9 nitrogen and oxygen atoms in total. The number of aromatic amines is 2. The zero-order valence-corrected chi connectivity index (χ0v) is 12.7. The number of aromatic nitrogens is 2. The zero-order chi connectivity index (χ0) is 17.4. The van der Waals surface area contributed by atoms with Gasteiger partial charge in [-0.05, 0) is 17.8 Å². The number of hydrogen-bond donors (Lipinski definition) is 3. The van der Waals surface area contributed by atoms with Crippen molar-refractivity contribution >= 4 is 17.9 Å². The van der Waals surface area contributed by atoms with E-state index >= 15 is 0 Å². The van der Waals surface area contributed by atoms with Crippen molar-refractivity contribution in [2.45, 2.75) is 5.92 Å². The predicted octanol–water partition coefficient (Wildman–Crippen LogP) is 1.56. The highest BCUT2D eigenvalue weighted by Crippen LogP contribution is 2.39. The van der Waals surface area contributed by atoms with Crippen LogP contribution < -0.4 is 16.0 Å². The maximum absolute atomic E-state index is 12.0. The van der Waals surface area contributed by atoms with Gasteiger partial charge in [-0.1, -0.05) is 12.1 Å². The van der Waals surface area contributed by atoms with Crippen LogP contribution in [-0.2, 0) is 0 Å². The van der Waals surface area contributed by atoms with E-state index in [4.69, 9.17) is 22.7 Å². The number of fused-ring (bicyclic) bond motifs is 1. The molecule has 2 aromatic rings. The van der Waals surface area contributed by atoms with Crippen LogP contribution in [0.5, 0.6) is 5.75 Å². The average molecular weight is 343 g/mol. The van der Waals surface area contributed by atoms with Crippen LogP contribution in [0.3, 0.4) is 0 Å². The molecule has 120 valence electrons. The smallest absolute Gasteiger partial charge is 0.295 e. The Hall–Kier alpha value is -3.45. The Bertz CT molecular complexity index is 1050. The maximum Gasteiger partial charge on any atom is 0.295 e. The average Bonchev–Trinajstić information content (AvgIpc) is 2.54. The molecule has 0 fully saturated rings. The van der Waals surface area contributed by atoms with E-state index in [-0.39, 0.29) is 33.4 Å². The first-order chi connectivity index (χ1) is 11.4. The normalized spacial score (nSPS) is 16.0. The summed E-state index contributed by atoms with van der Waals surface area (Å²) >= 11 is 4.95. The number of nitrogens with one attached hydrogen (secondary N) is 2. The SMILES string of the molecule is N#CC1=C(N)Oc2c([nH]c(=S)[nH]c2=O)[C@@H]1c1cccc([N+](=O)[O-])c1. The second-order valence-electron chi connectivity index (χ2n) is 4.93. The standard InChI is InChI=1S/C14H9N5O4S/c15-5-8-9(6-2-1-3-7(4-6)19(21)22)10-11(23-12(8)16)13(20)18-14(24)17-10/h1-4,9H,16H2,(H2,17,18,20,24)/t9-/m1/s1. The highest BCUT2D eigenvalue weighted by molar-refractivity contribution is 7.71. The second-order valence-corrected chi connectivity index (χ2v) is 5.34. The van der Waals surface area contributed by atoms with E-state index in [0.29, 0.717) is 5.56 Å². The van der Waals surface area contributed by atoms with Gasteiger partial charge in [-0.15, -0.1) is 0 Å². The number of nitrogens with two attached hydrogens (primary N) is 1. The molecule has 0 amide bonds. The number of H-pyrrole nitrogens is 2. The minimum absolute atomic E-state index is 0.0271. The molecule has 1 aromatic carbocycles. The Morgan fingerprint density at radius 3 is 2.83 bits per heavy atom. The van der Waals surface area contributed by atoms with Gasteiger partial charge in [0.2, 0.25) is 11.6 Å². The molecule has 2 heterocycles. The second kappa shape index (κ2) is 5.64. The molecule has 1 aliphatic rings. The van der Waals surface area contributed by atoms with Gasteiger partial charge in [0.1, 0.15) is 11.6 Å². The lowest BCUT2D eigenvalue weighted by Crippen LogP contribution is -2.27. The van der Waals surface area contributed by atoms with Gasteiger partial charge in [-0.25, -0.2) is 0 Å². The van der Waals surface area contributed by atoms with Crippen LogP contribution in [0, 0.1) is 26.2 Å². The number of benzene rings is 1. The largest absolute Gasteiger partial charge is 0.433 e. The van der Waals surface area contributed by atoms with Gasteiger partial charge < -0.3 is 15.5 Å². The zero-order valence-electron chi connectivity index (χ0n) is 11.9. The van der Waals surface area contributed by atoms with Crippen molar-refractivity contribution in [1.82, 2.24) is 9.97 Å². The minimum Gasteiger partial charge on any atom is -0.433 e. The molecule has 3 rings (SSSR count). The highest BCUT2D eigenvalue weighted by Gasteiger charge is 2.33. The van der Waals surface area contributed by atoms with Crippen LogP contribution in [0.4, 0.5) is 5.69 Å². The molecular weight excluding hydrogens is 334 g/mol. The molecule has 0 saturated heterocycles. The number of nitro groups is 1. The summed E-state index contributed by atoms with van der Waals surface area (Å²) in [6, 6.07) is 7.63. The minimum atomic E-state index is -0.831.